The van der Waals surface area contributed by atoms with Gasteiger partial charge in [0.05, 0.1) is 6.61 Å². The van der Waals surface area contributed by atoms with Crippen LogP contribution in [0.5, 0.6) is 0 Å². The third kappa shape index (κ3) is 4.54. The molecule has 3 rings (SSSR count). The van der Waals surface area contributed by atoms with E-state index in [0.717, 1.165) is 25.8 Å². The summed E-state index contributed by atoms with van der Waals surface area (Å²) in [4.78, 5) is 38.3. The van der Waals surface area contributed by atoms with Gasteiger partial charge >= 0.3 is 5.97 Å². The van der Waals surface area contributed by atoms with Crippen LogP contribution in [0.1, 0.15) is 63.7 Å². The Bertz CT molecular complexity index is 771. The van der Waals surface area contributed by atoms with Crippen LogP contribution in [0.15, 0.2) is 24.3 Å². The van der Waals surface area contributed by atoms with Crippen molar-refractivity contribution in [3.05, 3.63) is 29.8 Å². The Hall–Kier alpha value is -2.37. The topological polar surface area (TPSA) is 75.7 Å². The van der Waals surface area contributed by atoms with Crippen LogP contribution in [-0.2, 0) is 14.3 Å². The largest absolute Gasteiger partial charge is 0.466 e. The first-order chi connectivity index (χ1) is 13.1. The Kier molecular flexibility index (Phi) is 5.50. The summed E-state index contributed by atoms with van der Waals surface area (Å²) in [5.41, 5.74) is 1.64. The van der Waals surface area contributed by atoms with Crippen LogP contribution in [-0.4, -0.2) is 41.9 Å². The van der Waals surface area contributed by atoms with E-state index in [0.29, 0.717) is 17.3 Å². The minimum atomic E-state index is -0.552. The van der Waals surface area contributed by atoms with Gasteiger partial charge in [0, 0.05) is 23.8 Å². The molecule has 6 heteroatoms. The van der Waals surface area contributed by atoms with Gasteiger partial charge in [-0.1, -0.05) is 20.8 Å². The highest BCUT2D eigenvalue weighted by atomic mass is 16.5. The molecule has 0 aromatic heterocycles. The first kappa shape index (κ1) is 20.4. The van der Waals surface area contributed by atoms with Crippen LogP contribution in [0.3, 0.4) is 0 Å². The lowest BCUT2D eigenvalue weighted by Gasteiger charge is -2.39. The molecular formula is C22H30N2O4. The van der Waals surface area contributed by atoms with Crippen molar-refractivity contribution in [1.82, 2.24) is 4.90 Å². The quantitative estimate of drug-likeness (QED) is 0.619. The third-order valence-electron chi connectivity index (χ3n) is 5.70. The van der Waals surface area contributed by atoms with Gasteiger partial charge in [0.2, 0.25) is 5.91 Å². The Morgan fingerprint density at radius 1 is 1.14 bits per heavy atom. The van der Waals surface area contributed by atoms with Crippen molar-refractivity contribution >= 4 is 23.5 Å². The van der Waals surface area contributed by atoms with Gasteiger partial charge < -0.3 is 15.0 Å². The first-order valence-corrected chi connectivity index (χ1v) is 9.97. The molecule has 0 spiro atoms. The van der Waals surface area contributed by atoms with Crippen molar-refractivity contribution < 1.29 is 19.1 Å². The van der Waals surface area contributed by atoms with Crippen LogP contribution < -0.4 is 5.32 Å². The highest BCUT2D eigenvalue weighted by Crippen LogP contribution is 2.52. The number of rotatable bonds is 5. The van der Waals surface area contributed by atoms with E-state index in [-0.39, 0.29) is 29.8 Å². The van der Waals surface area contributed by atoms with E-state index < -0.39 is 11.9 Å². The molecule has 1 aliphatic carbocycles. The summed E-state index contributed by atoms with van der Waals surface area (Å²) in [7, 11) is 0. The average Bonchev–Trinajstić information content (AvgIpc) is 2.83. The number of anilines is 1. The van der Waals surface area contributed by atoms with Crippen molar-refractivity contribution in [2.24, 2.45) is 10.8 Å². The predicted molar refractivity (Wildman–Crippen MR) is 107 cm³/mol. The smallest absolute Gasteiger partial charge is 0.315 e. The van der Waals surface area contributed by atoms with Gasteiger partial charge in [-0.25, -0.2) is 0 Å². The number of esters is 1. The van der Waals surface area contributed by atoms with Gasteiger partial charge in [0.1, 0.15) is 6.42 Å². The SMILES string of the molecule is CCOC(=O)CC(=O)Nc1ccc(C(=O)N2CC3(C)CC2CC(C)(C)C3)cc1. The van der Waals surface area contributed by atoms with Crippen molar-refractivity contribution in [3.8, 4) is 0 Å². The fraction of sp³-hybridized carbons (Fsp3) is 0.591. The molecule has 1 saturated heterocycles. The standard InChI is InChI=1S/C22H30N2O4/c1-5-28-19(26)10-18(25)23-16-8-6-15(7-9-16)20(27)24-14-22(4)12-17(24)11-21(2,3)13-22/h6-9,17H,5,10-14H2,1-4H3,(H,23,25). The summed E-state index contributed by atoms with van der Waals surface area (Å²) in [6, 6.07) is 7.16. The summed E-state index contributed by atoms with van der Waals surface area (Å²) in [5.74, 6) is -0.930. The summed E-state index contributed by atoms with van der Waals surface area (Å²) < 4.78 is 4.76. The number of ether oxygens (including phenoxy) is 1. The van der Waals surface area contributed by atoms with E-state index >= 15 is 0 Å². The van der Waals surface area contributed by atoms with E-state index in [1.165, 1.54) is 0 Å². The van der Waals surface area contributed by atoms with E-state index in [1.807, 2.05) is 4.90 Å². The van der Waals surface area contributed by atoms with E-state index in [1.54, 1.807) is 31.2 Å². The molecule has 1 aromatic carbocycles. The highest BCUT2D eigenvalue weighted by molar-refractivity contribution is 6.02. The fourth-order valence-corrected chi connectivity index (χ4v) is 5.11. The van der Waals surface area contributed by atoms with E-state index in [9.17, 15) is 14.4 Å². The van der Waals surface area contributed by atoms with Crippen LogP contribution in [0, 0.1) is 10.8 Å². The van der Waals surface area contributed by atoms with Crippen LogP contribution in [0.25, 0.3) is 0 Å². The van der Waals surface area contributed by atoms with Gasteiger partial charge in [0.25, 0.3) is 5.91 Å². The maximum Gasteiger partial charge on any atom is 0.315 e. The zero-order chi connectivity index (χ0) is 20.5. The molecule has 2 aliphatic rings. The number of hydrogen-bond donors (Lipinski definition) is 1. The molecule has 1 saturated carbocycles. The molecule has 2 unspecified atom stereocenters. The molecule has 2 fully saturated rings. The number of carbonyl (C=O) groups is 3. The number of benzene rings is 1. The molecule has 2 bridgehead atoms. The van der Waals surface area contributed by atoms with E-state index in [4.69, 9.17) is 4.74 Å². The minimum Gasteiger partial charge on any atom is -0.466 e. The molecule has 0 radical (unpaired) electrons. The second-order valence-electron chi connectivity index (χ2n) is 9.25. The first-order valence-electron chi connectivity index (χ1n) is 9.97. The number of carbonyl (C=O) groups excluding carboxylic acids is 3. The molecule has 28 heavy (non-hydrogen) atoms. The van der Waals surface area contributed by atoms with Crippen LogP contribution in [0.2, 0.25) is 0 Å². The summed E-state index contributed by atoms with van der Waals surface area (Å²) in [6.07, 6.45) is 2.94. The Balaban J connectivity index is 1.63. The van der Waals surface area contributed by atoms with Gasteiger partial charge in [0.15, 0.2) is 0 Å². The zero-order valence-corrected chi connectivity index (χ0v) is 17.2. The second kappa shape index (κ2) is 7.57. The molecule has 2 atom stereocenters. The number of fused-ring (bicyclic) bond motifs is 2. The molecule has 1 aliphatic heterocycles. The lowest BCUT2D eigenvalue weighted by molar-refractivity contribution is -0.145. The number of amides is 2. The maximum atomic E-state index is 13.1. The minimum absolute atomic E-state index is 0.0517. The van der Waals surface area contributed by atoms with Gasteiger partial charge in [-0.2, -0.15) is 0 Å². The molecule has 1 N–H and O–H groups in total. The highest BCUT2D eigenvalue weighted by Gasteiger charge is 2.50. The molecule has 2 amide bonds. The lowest BCUT2D eigenvalue weighted by atomic mass is 9.65. The Morgan fingerprint density at radius 3 is 2.46 bits per heavy atom. The monoisotopic (exact) mass is 386 g/mol. The third-order valence-corrected chi connectivity index (χ3v) is 5.70. The number of nitrogens with zero attached hydrogens (tertiary/aromatic N) is 1. The summed E-state index contributed by atoms with van der Waals surface area (Å²) >= 11 is 0. The number of hydrogen-bond acceptors (Lipinski definition) is 4. The van der Waals surface area contributed by atoms with E-state index in [2.05, 4.69) is 26.1 Å². The lowest BCUT2D eigenvalue weighted by Crippen LogP contribution is -2.37. The van der Waals surface area contributed by atoms with Crippen LogP contribution >= 0.6 is 0 Å². The summed E-state index contributed by atoms with van der Waals surface area (Å²) in [5, 5.41) is 2.66. The van der Waals surface area contributed by atoms with Crippen molar-refractivity contribution in [2.75, 3.05) is 18.5 Å². The number of likely N-dealkylation sites (tertiary alicyclic amines) is 1. The number of nitrogens with one attached hydrogen (secondary N) is 1. The van der Waals surface area contributed by atoms with Crippen LogP contribution in [0.4, 0.5) is 5.69 Å². The van der Waals surface area contributed by atoms with Crippen molar-refractivity contribution in [1.29, 1.82) is 0 Å². The normalized spacial score (nSPS) is 25.3. The molecule has 1 heterocycles. The molecule has 6 nitrogen and oxygen atoms in total. The maximum absolute atomic E-state index is 13.1. The molecule has 152 valence electrons. The average molecular weight is 386 g/mol. The summed E-state index contributed by atoms with van der Waals surface area (Å²) in [6.45, 7) is 9.62. The zero-order valence-electron chi connectivity index (χ0n) is 17.2. The Labute approximate surface area is 166 Å². The second-order valence-corrected chi connectivity index (χ2v) is 9.25. The fourth-order valence-electron chi connectivity index (χ4n) is 5.11. The van der Waals surface area contributed by atoms with Crippen molar-refractivity contribution in [3.63, 3.8) is 0 Å². The van der Waals surface area contributed by atoms with Gasteiger partial charge in [-0.05, 0) is 61.3 Å². The molecule has 1 aromatic rings. The predicted octanol–water partition coefficient (Wildman–Crippen LogP) is 3.62. The Morgan fingerprint density at radius 2 is 1.82 bits per heavy atom. The van der Waals surface area contributed by atoms with Gasteiger partial charge in [-0.15, -0.1) is 0 Å². The van der Waals surface area contributed by atoms with Gasteiger partial charge in [-0.3, -0.25) is 14.4 Å². The molecular weight excluding hydrogens is 356 g/mol. The van der Waals surface area contributed by atoms with Crippen molar-refractivity contribution in [2.45, 2.75) is 59.4 Å².